The Morgan fingerprint density at radius 3 is 3.03 bits per heavy atom. The summed E-state index contributed by atoms with van der Waals surface area (Å²) in [4.78, 5) is 18.9. The number of amides is 1. The molecule has 7 nitrogen and oxygen atoms in total. The van der Waals surface area contributed by atoms with Crippen LogP contribution in [0.4, 0.5) is 4.39 Å². The summed E-state index contributed by atoms with van der Waals surface area (Å²) in [5.41, 5.74) is 3.45. The number of nitrogens with zero attached hydrogens (tertiary/aromatic N) is 5. The molecule has 1 aliphatic rings. The van der Waals surface area contributed by atoms with Crippen LogP contribution in [0.25, 0.3) is 11.4 Å². The van der Waals surface area contributed by atoms with E-state index < -0.39 is 0 Å². The third kappa shape index (κ3) is 3.79. The predicted octanol–water partition coefficient (Wildman–Crippen LogP) is 3.39. The van der Waals surface area contributed by atoms with E-state index in [0.29, 0.717) is 29.3 Å². The largest absolute Gasteiger partial charge is 0.339 e. The standard InChI is InChI=1S/C21H24FN5O2/c1-13-7-8-14(11-16(13)22)21-24-19(29-25-21)9-10-20(28)26(2)17-5-4-6-18-15(17)12-23-27(18)3/h7-8,11-12,17H,4-6,9-10H2,1-3H3. The van der Waals surface area contributed by atoms with Crippen molar-refractivity contribution in [3.05, 3.63) is 52.9 Å². The van der Waals surface area contributed by atoms with Crippen LogP contribution in [0.15, 0.2) is 28.9 Å². The SMILES string of the molecule is Cc1ccc(-c2noc(CCC(=O)N(C)C3CCCc4c3cnn4C)n2)cc1F. The summed E-state index contributed by atoms with van der Waals surface area (Å²) in [7, 11) is 3.78. The maximum Gasteiger partial charge on any atom is 0.227 e. The highest BCUT2D eigenvalue weighted by molar-refractivity contribution is 5.76. The first-order valence-electron chi connectivity index (χ1n) is 9.79. The van der Waals surface area contributed by atoms with Gasteiger partial charge in [0.25, 0.3) is 0 Å². The first kappa shape index (κ1) is 19.3. The van der Waals surface area contributed by atoms with Crippen molar-refractivity contribution in [3.8, 4) is 11.4 Å². The van der Waals surface area contributed by atoms with Gasteiger partial charge in [0.15, 0.2) is 0 Å². The predicted molar refractivity (Wildman–Crippen MR) is 104 cm³/mol. The molecule has 2 heterocycles. The number of benzene rings is 1. The molecule has 1 unspecified atom stereocenters. The zero-order chi connectivity index (χ0) is 20.5. The van der Waals surface area contributed by atoms with Gasteiger partial charge in [0, 0.05) is 43.8 Å². The van der Waals surface area contributed by atoms with E-state index in [-0.39, 0.29) is 24.2 Å². The average molecular weight is 397 g/mol. The molecule has 3 aromatic rings. The molecule has 4 rings (SSSR count). The maximum atomic E-state index is 13.8. The minimum atomic E-state index is -0.312. The lowest BCUT2D eigenvalue weighted by Gasteiger charge is -2.31. The Bertz CT molecular complexity index is 1040. The first-order valence-corrected chi connectivity index (χ1v) is 9.79. The minimum absolute atomic E-state index is 0.0211. The number of rotatable bonds is 5. The highest BCUT2D eigenvalue weighted by Gasteiger charge is 2.29. The summed E-state index contributed by atoms with van der Waals surface area (Å²) in [5, 5.41) is 8.26. The first-order chi connectivity index (χ1) is 13.9. The summed E-state index contributed by atoms with van der Waals surface area (Å²) in [6.45, 7) is 1.70. The molecule has 152 valence electrons. The van der Waals surface area contributed by atoms with E-state index >= 15 is 0 Å². The van der Waals surface area contributed by atoms with Crippen LogP contribution in [0.1, 0.15) is 48.0 Å². The Hall–Kier alpha value is -3.03. The van der Waals surface area contributed by atoms with Crippen LogP contribution < -0.4 is 0 Å². The highest BCUT2D eigenvalue weighted by atomic mass is 19.1. The number of carbonyl (C=O) groups excluding carboxylic acids is 1. The van der Waals surface area contributed by atoms with E-state index in [2.05, 4.69) is 15.2 Å². The number of fused-ring (bicyclic) bond motifs is 1. The molecule has 8 heteroatoms. The average Bonchev–Trinajstić information content (AvgIpc) is 3.35. The van der Waals surface area contributed by atoms with E-state index in [9.17, 15) is 9.18 Å². The molecule has 0 bridgehead atoms. The number of halogens is 1. The van der Waals surface area contributed by atoms with Crippen LogP contribution in [0.3, 0.4) is 0 Å². The third-order valence-electron chi connectivity index (χ3n) is 5.66. The van der Waals surface area contributed by atoms with Crippen LogP contribution >= 0.6 is 0 Å². The monoisotopic (exact) mass is 397 g/mol. The smallest absolute Gasteiger partial charge is 0.227 e. The molecule has 1 amide bonds. The van der Waals surface area contributed by atoms with Crippen LogP contribution in [0.5, 0.6) is 0 Å². The Labute approximate surface area is 168 Å². The Morgan fingerprint density at radius 2 is 2.24 bits per heavy atom. The van der Waals surface area contributed by atoms with Gasteiger partial charge in [0.1, 0.15) is 5.82 Å². The van der Waals surface area contributed by atoms with Gasteiger partial charge in [0.2, 0.25) is 17.6 Å². The molecule has 0 saturated carbocycles. The molecule has 0 radical (unpaired) electrons. The van der Waals surface area contributed by atoms with Gasteiger partial charge in [-0.25, -0.2) is 4.39 Å². The molecule has 29 heavy (non-hydrogen) atoms. The molecule has 1 aromatic carbocycles. The Morgan fingerprint density at radius 1 is 1.41 bits per heavy atom. The number of hydrogen-bond donors (Lipinski definition) is 0. The van der Waals surface area contributed by atoms with Crippen LogP contribution in [-0.4, -0.2) is 37.8 Å². The summed E-state index contributed by atoms with van der Waals surface area (Å²) < 4.78 is 20.9. The van der Waals surface area contributed by atoms with Gasteiger partial charge >= 0.3 is 0 Å². The maximum absolute atomic E-state index is 13.8. The topological polar surface area (TPSA) is 77.0 Å². The van der Waals surface area contributed by atoms with Crippen molar-refractivity contribution >= 4 is 5.91 Å². The van der Waals surface area contributed by atoms with E-state index in [1.807, 2.05) is 25.0 Å². The van der Waals surface area contributed by atoms with E-state index in [0.717, 1.165) is 24.8 Å². The molecule has 0 fully saturated rings. The van der Waals surface area contributed by atoms with Crippen molar-refractivity contribution in [1.29, 1.82) is 0 Å². The van der Waals surface area contributed by atoms with Crippen molar-refractivity contribution in [3.63, 3.8) is 0 Å². The lowest BCUT2D eigenvalue weighted by atomic mass is 9.92. The van der Waals surface area contributed by atoms with Gasteiger partial charge in [-0.15, -0.1) is 0 Å². The van der Waals surface area contributed by atoms with Gasteiger partial charge in [-0.1, -0.05) is 17.3 Å². The molecule has 0 spiro atoms. The van der Waals surface area contributed by atoms with Crippen LogP contribution in [0.2, 0.25) is 0 Å². The fraction of sp³-hybridized carbons (Fsp3) is 0.429. The normalized spacial score (nSPS) is 15.9. The quantitative estimate of drug-likeness (QED) is 0.660. The van der Waals surface area contributed by atoms with Gasteiger partial charge in [-0.05, 0) is 37.8 Å². The molecular weight excluding hydrogens is 373 g/mol. The van der Waals surface area contributed by atoms with Crippen molar-refractivity contribution in [1.82, 2.24) is 24.8 Å². The molecule has 1 atom stereocenters. The second-order valence-corrected chi connectivity index (χ2v) is 7.56. The fourth-order valence-electron chi connectivity index (χ4n) is 3.85. The van der Waals surface area contributed by atoms with Gasteiger partial charge < -0.3 is 9.42 Å². The number of hydrogen-bond acceptors (Lipinski definition) is 5. The zero-order valence-corrected chi connectivity index (χ0v) is 16.9. The fourth-order valence-corrected chi connectivity index (χ4v) is 3.85. The van der Waals surface area contributed by atoms with E-state index in [1.54, 1.807) is 24.0 Å². The molecule has 0 saturated heterocycles. The highest BCUT2D eigenvalue weighted by Crippen LogP contribution is 2.33. The summed E-state index contributed by atoms with van der Waals surface area (Å²) in [6.07, 6.45) is 5.45. The molecular formula is C21H24FN5O2. The molecule has 0 N–H and O–H groups in total. The van der Waals surface area contributed by atoms with Crippen molar-refractivity contribution in [2.75, 3.05) is 7.05 Å². The second kappa shape index (κ2) is 7.77. The zero-order valence-electron chi connectivity index (χ0n) is 16.9. The second-order valence-electron chi connectivity index (χ2n) is 7.56. The summed E-state index contributed by atoms with van der Waals surface area (Å²) in [5.74, 6) is 0.404. The lowest BCUT2D eigenvalue weighted by Crippen LogP contribution is -2.33. The Balaban J connectivity index is 1.40. The number of aromatic nitrogens is 4. The molecule has 1 aliphatic carbocycles. The number of carbonyl (C=O) groups is 1. The Kier molecular flexibility index (Phi) is 5.17. The van der Waals surface area contributed by atoms with Gasteiger partial charge in [-0.3, -0.25) is 9.48 Å². The van der Waals surface area contributed by atoms with E-state index in [4.69, 9.17) is 4.52 Å². The van der Waals surface area contributed by atoms with Crippen molar-refractivity contribution < 1.29 is 13.7 Å². The molecule has 0 aliphatic heterocycles. The molecule has 2 aromatic heterocycles. The lowest BCUT2D eigenvalue weighted by molar-refractivity contribution is -0.132. The van der Waals surface area contributed by atoms with Crippen molar-refractivity contribution in [2.45, 2.75) is 45.1 Å². The minimum Gasteiger partial charge on any atom is -0.339 e. The summed E-state index contributed by atoms with van der Waals surface area (Å²) in [6, 6.07) is 4.86. The van der Waals surface area contributed by atoms with Crippen LogP contribution in [-0.2, 0) is 24.7 Å². The number of aryl methyl sites for hydroxylation is 3. The summed E-state index contributed by atoms with van der Waals surface area (Å²) >= 11 is 0. The van der Waals surface area contributed by atoms with Gasteiger partial charge in [0.05, 0.1) is 12.2 Å². The van der Waals surface area contributed by atoms with E-state index in [1.165, 1.54) is 11.8 Å². The third-order valence-corrected chi connectivity index (χ3v) is 5.66. The van der Waals surface area contributed by atoms with Crippen molar-refractivity contribution in [2.24, 2.45) is 7.05 Å². The van der Waals surface area contributed by atoms with Gasteiger partial charge in [-0.2, -0.15) is 10.1 Å². The van der Waals surface area contributed by atoms with Crippen LogP contribution in [0, 0.1) is 12.7 Å².